The van der Waals surface area contributed by atoms with Gasteiger partial charge in [-0.05, 0) is 86.2 Å². The molecule has 1 nitrogen and oxygen atoms in total. The standard InChI is InChI=1S/C32H52F2O/c1-4-6-8-9-10-12-25-13-15-26(16-14-25)24(3)27-17-19-28(20-18-27)29-21-22-30(32(34)31(29)33)35-23-11-7-5-2/h21-22,24-28H,4-20,23H2,1-3H3. The van der Waals surface area contributed by atoms with Crippen molar-refractivity contribution in [3.63, 3.8) is 0 Å². The molecule has 2 aliphatic carbocycles. The number of hydrogen-bond acceptors (Lipinski definition) is 1. The van der Waals surface area contributed by atoms with E-state index in [-0.39, 0.29) is 11.7 Å². The van der Waals surface area contributed by atoms with Gasteiger partial charge in [-0.25, -0.2) is 4.39 Å². The zero-order valence-corrected chi connectivity index (χ0v) is 22.9. The summed E-state index contributed by atoms with van der Waals surface area (Å²) in [5.41, 5.74) is 0.564. The molecule has 0 spiro atoms. The second-order valence-electron chi connectivity index (χ2n) is 11.8. The first-order chi connectivity index (χ1) is 17.0. The Labute approximate surface area is 214 Å². The van der Waals surface area contributed by atoms with Crippen LogP contribution in [0.2, 0.25) is 0 Å². The summed E-state index contributed by atoms with van der Waals surface area (Å²) in [6.45, 7) is 7.33. The lowest BCUT2D eigenvalue weighted by atomic mass is 9.66. The van der Waals surface area contributed by atoms with Crippen molar-refractivity contribution in [2.24, 2.45) is 23.7 Å². The fourth-order valence-corrected chi connectivity index (χ4v) is 6.89. The Balaban J connectivity index is 1.41. The van der Waals surface area contributed by atoms with Crippen molar-refractivity contribution in [3.8, 4) is 5.75 Å². The molecule has 1 atom stereocenters. The van der Waals surface area contributed by atoms with Crippen molar-refractivity contribution < 1.29 is 13.5 Å². The molecule has 0 N–H and O–H groups in total. The fraction of sp³-hybridized carbons (Fsp3) is 0.812. The highest BCUT2D eigenvalue weighted by atomic mass is 19.2. The van der Waals surface area contributed by atoms with Crippen LogP contribution >= 0.6 is 0 Å². The van der Waals surface area contributed by atoms with Crippen LogP contribution in [-0.4, -0.2) is 6.61 Å². The minimum Gasteiger partial charge on any atom is -0.490 e. The molecule has 0 aromatic heterocycles. The van der Waals surface area contributed by atoms with E-state index in [2.05, 4.69) is 20.8 Å². The molecule has 0 saturated heterocycles. The van der Waals surface area contributed by atoms with E-state index in [0.717, 1.165) is 68.6 Å². The highest BCUT2D eigenvalue weighted by Gasteiger charge is 2.33. The summed E-state index contributed by atoms with van der Waals surface area (Å²) in [4.78, 5) is 0. The van der Waals surface area contributed by atoms with Crippen LogP contribution in [0.15, 0.2) is 12.1 Å². The molecule has 2 aliphatic rings. The van der Waals surface area contributed by atoms with Crippen LogP contribution in [0, 0.1) is 35.3 Å². The summed E-state index contributed by atoms with van der Waals surface area (Å²) in [6, 6.07) is 3.43. The van der Waals surface area contributed by atoms with Gasteiger partial charge >= 0.3 is 0 Å². The molecule has 200 valence electrons. The van der Waals surface area contributed by atoms with Crippen LogP contribution in [-0.2, 0) is 0 Å². The van der Waals surface area contributed by atoms with Gasteiger partial charge in [0.25, 0.3) is 0 Å². The van der Waals surface area contributed by atoms with Crippen molar-refractivity contribution in [2.75, 3.05) is 6.61 Å². The molecule has 0 aliphatic heterocycles. The van der Waals surface area contributed by atoms with E-state index >= 15 is 0 Å². The zero-order chi connectivity index (χ0) is 25.0. The Hall–Kier alpha value is -1.12. The van der Waals surface area contributed by atoms with Gasteiger partial charge in [0.15, 0.2) is 11.6 Å². The molecular weight excluding hydrogens is 438 g/mol. The van der Waals surface area contributed by atoms with E-state index in [1.54, 1.807) is 12.1 Å². The third-order valence-corrected chi connectivity index (χ3v) is 9.39. The molecule has 0 amide bonds. The van der Waals surface area contributed by atoms with Gasteiger partial charge in [0, 0.05) is 0 Å². The number of rotatable bonds is 14. The molecule has 1 aromatic rings. The quantitative estimate of drug-likeness (QED) is 0.236. The molecule has 0 heterocycles. The van der Waals surface area contributed by atoms with E-state index < -0.39 is 11.6 Å². The topological polar surface area (TPSA) is 9.23 Å². The Kier molecular flexibility index (Phi) is 12.4. The van der Waals surface area contributed by atoms with Gasteiger partial charge in [-0.2, -0.15) is 4.39 Å². The lowest BCUT2D eigenvalue weighted by Gasteiger charge is -2.39. The average molecular weight is 491 g/mol. The minimum atomic E-state index is -0.795. The lowest BCUT2D eigenvalue weighted by molar-refractivity contribution is 0.131. The number of ether oxygens (including phenoxy) is 1. The smallest absolute Gasteiger partial charge is 0.200 e. The van der Waals surface area contributed by atoms with Crippen molar-refractivity contribution in [3.05, 3.63) is 29.3 Å². The summed E-state index contributed by atoms with van der Waals surface area (Å²) in [6.07, 6.45) is 21.4. The van der Waals surface area contributed by atoms with E-state index in [9.17, 15) is 8.78 Å². The van der Waals surface area contributed by atoms with Gasteiger partial charge in [0.1, 0.15) is 0 Å². The predicted molar refractivity (Wildman–Crippen MR) is 144 cm³/mol. The normalized spacial score (nSPS) is 26.0. The first-order valence-corrected chi connectivity index (χ1v) is 15.2. The van der Waals surface area contributed by atoms with Gasteiger partial charge in [-0.15, -0.1) is 0 Å². The molecule has 35 heavy (non-hydrogen) atoms. The monoisotopic (exact) mass is 490 g/mol. The summed E-state index contributed by atoms with van der Waals surface area (Å²) in [5, 5.41) is 0. The van der Waals surface area contributed by atoms with Crippen LogP contribution in [0.25, 0.3) is 0 Å². The van der Waals surface area contributed by atoms with Gasteiger partial charge in [-0.3, -0.25) is 0 Å². The van der Waals surface area contributed by atoms with Crippen molar-refractivity contribution in [2.45, 2.75) is 136 Å². The Morgan fingerprint density at radius 2 is 1.34 bits per heavy atom. The van der Waals surface area contributed by atoms with Crippen LogP contribution in [0.4, 0.5) is 8.78 Å². The van der Waals surface area contributed by atoms with Crippen LogP contribution < -0.4 is 4.74 Å². The van der Waals surface area contributed by atoms with Crippen LogP contribution in [0.1, 0.15) is 141 Å². The Morgan fingerprint density at radius 3 is 2.00 bits per heavy atom. The number of unbranched alkanes of at least 4 members (excludes halogenated alkanes) is 6. The van der Waals surface area contributed by atoms with Crippen molar-refractivity contribution in [1.29, 1.82) is 0 Å². The van der Waals surface area contributed by atoms with Gasteiger partial charge in [-0.1, -0.05) is 91.0 Å². The van der Waals surface area contributed by atoms with Crippen molar-refractivity contribution in [1.82, 2.24) is 0 Å². The third-order valence-electron chi connectivity index (χ3n) is 9.39. The van der Waals surface area contributed by atoms with Gasteiger partial charge in [0.05, 0.1) is 6.61 Å². The second kappa shape index (κ2) is 15.2. The molecular formula is C32H52F2O. The number of halogens is 2. The lowest BCUT2D eigenvalue weighted by Crippen LogP contribution is -2.28. The number of hydrogen-bond donors (Lipinski definition) is 0. The Bertz CT molecular complexity index is 717. The molecule has 0 bridgehead atoms. The van der Waals surface area contributed by atoms with Gasteiger partial charge in [0.2, 0.25) is 5.82 Å². The summed E-state index contributed by atoms with van der Waals surface area (Å²) in [5.74, 6) is 2.09. The molecule has 2 saturated carbocycles. The van der Waals surface area contributed by atoms with E-state index in [4.69, 9.17) is 4.74 Å². The molecule has 1 unspecified atom stereocenters. The summed E-state index contributed by atoms with van der Waals surface area (Å²) < 4.78 is 35.0. The molecule has 1 aromatic carbocycles. The molecule has 3 heteroatoms. The maximum Gasteiger partial charge on any atom is 0.200 e. The maximum atomic E-state index is 14.9. The number of benzene rings is 1. The first kappa shape index (κ1) is 28.5. The molecule has 2 fully saturated rings. The average Bonchev–Trinajstić information content (AvgIpc) is 2.89. The third kappa shape index (κ3) is 8.46. The van der Waals surface area contributed by atoms with E-state index in [1.165, 1.54) is 64.2 Å². The molecule has 3 rings (SSSR count). The largest absolute Gasteiger partial charge is 0.490 e. The van der Waals surface area contributed by atoms with Crippen LogP contribution in [0.5, 0.6) is 5.75 Å². The SMILES string of the molecule is CCCCCCCC1CCC(C(C)C2CCC(c3ccc(OCCCCC)c(F)c3F)CC2)CC1. The second-order valence-corrected chi connectivity index (χ2v) is 11.8. The highest BCUT2D eigenvalue weighted by molar-refractivity contribution is 5.33. The molecule has 0 radical (unpaired) electrons. The highest BCUT2D eigenvalue weighted by Crippen LogP contribution is 2.45. The van der Waals surface area contributed by atoms with Gasteiger partial charge < -0.3 is 4.74 Å². The van der Waals surface area contributed by atoms with E-state index in [1.807, 2.05) is 0 Å². The zero-order valence-electron chi connectivity index (χ0n) is 22.9. The predicted octanol–water partition coefficient (Wildman–Crippen LogP) is 10.6. The summed E-state index contributed by atoms with van der Waals surface area (Å²) in [7, 11) is 0. The first-order valence-electron chi connectivity index (χ1n) is 15.2. The summed E-state index contributed by atoms with van der Waals surface area (Å²) >= 11 is 0. The minimum absolute atomic E-state index is 0.0706. The van der Waals surface area contributed by atoms with Crippen LogP contribution in [0.3, 0.4) is 0 Å². The fourth-order valence-electron chi connectivity index (χ4n) is 6.89. The van der Waals surface area contributed by atoms with Crippen molar-refractivity contribution >= 4 is 0 Å². The van der Waals surface area contributed by atoms with E-state index in [0.29, 0.717) is 12.2 Å². The Morgan fingerprint density at radius 1 is 0.743 bits per heavy atom. The maximum absolute atomic E-state index is 14.9.